The molecule has 0 radical (unpaired) electrons. The minimum absolute atomic E-state index is 0.113. The van der Waals surface area contributed by atoms with E-state index in [4.69, 9.17) is 14.6 Å². The second-order valence-corrected chi connectivity index (χ2v) is 4.70. The molecule has 0 atom stereocenters. The van der Waals surface area contributed by atoms with Crippen molar-refractivity contribution in [1.82, 2.24) is 0 Å². The molecule has 0 aliphatic heterocycles. The van der Waals surface area contributed by atoms with Crippen molar-refractivity contribution in [2.45, 2.75) is 13.0 Å². The standard InChI is InChI=1S/C17H16O5/c1-21-15-6-3-12(4-7-15)11-22-16-8-13(9-17(19)20)2-5-14(16)10-18/h2-8,10H,9,11H2,1H3,(H,19,20). The van der Waals surface area contributed by atoms with E-state index >= 15 is 0 Å². The largest absolute Gasteiger partial charge is 0.497 e. The van der Waals surface area contributed by atoms with Gasteiger partial charge in [0, 0.05) is 0 Å². The number of carbonyl (C=O) groups is 2. The Labute approximate surface area is 128 Å². The molecule has 0 spiro atoms. The zero-order valence-electron chi connectivity index (χ0n) is 12.1. The lowest BCUT2D eigenvalue weighted by molar-refractivity contribution is -0.136. The van der Waals surface area contributed by atoms with Gasteiger partial charge in [0.1, 0.15) is 18.1 Å². The minimum Gasteiger partial charge on any atom is -0.497 e. The van der Waals surface area contributed by atoms with Crippen LogP contribution in [0, 0.1) is 0 Å². The molecule has 22 heavy (non-hydrogen) atoms. The van der Waals surface area contributed by atoms with Gasteiger partial charge in [-0.3, -0.25) is 9.59 Å². The van der Waals surface area contributed by atoms with Crippen LogP contribution in [0.15, 0.2) is 42.5 Å². The normalized spacial score (nSPS) is 10.0. The summed E-state index contributed by atoms with van der Waals surface area (Å²) in [5, 5.41) is 8.82. The Morgan fingerprint density at radius 2 is 1.82 bits per heavy atom. The van der Waals surface area contributed by atoms with Crippen molar-refractivity contribution in [3.63, 3.8) is 0 Å². The number of methoxy groups -OCH3 is 1. The highest BCUT2D eigenvalue weighted by atomic mass is 16.5. The maximum absolute atomic E-state index is 11.0. The zero-order valence-corrected chi connectivity index (χ0v) is 12.1. The number of benzene rings is 2. The molecule has 0 bridgehead atoms. The molecule has 0 unspecified atom stereocenters. The lowest BCUT2D eigenvalue weighted by Gasteiger charge is -2.10. The average Bonchev–Trinajstić information content (AvgIpc) is 2.53. The van der Waals surface area contributed by atoms with E-state index < -0.39 is 5.97 Å². The first-order chi connectivity index (χ1) is 10.6. The van der Waals surface area contributed by atoms with E-state index in [1.807, 2.05) is 24.3 Å². The molecule has 0 aliphatic carbocycles. The third kappa shape index (κ3) is 4.09. The predicted molar refractivity (Wildman–Crippen MR) is 80.5 cm³/mol. The average molecular weight is 300 g/mol. The number of carboxylic acids is 1. The molecule has 0 amide bonds. The van der Waals surface area contributed by atoms with Crippen molar-refractivity contribution in [3.8, 4) is 11.5 Å². The first-order valence-electron chi connectivity index (χ1n) is 6.68. The maximum atomic E-state index is 11.0. The Balaban J connectivity index is 2.12. The van der Waals surface area contributed by atoms with Crippen molar-refractivity contribution in [2.75, 3.05) is 7.11 Å². The van der Waals surface area contributed by atoms with Crippen LogP contribution < -0.4 is 9.47 Å². The summed E-state index contributed by atoms with van der Waals surface area (Å²) in [6, 6.07) is 12.1. The summed E-state index contributed by atoms with van der Waals surface area (Å²) in [6.45, 7) is 0.279. The van der Waals surface area contributed by atoms with Gasteiger partial charge in [-0.15, -0.1) is 0 Å². The molecule has 0 aromatic heterocycles. The van der Waals surface area contributed by atoms with Gasteiger partial charge < -0.3 is 14.6 Å². The molecule has 0 heterocycles. The van der Waals surface area contributed by atoms with Gasteiger partial charge in [-0.1, -0.05) is 18.2 Å². The van der Waals surface area contributed by atoms with Crippen molar-refractivity contribution >= 4 is 12.3 Å². The molecular formula is C17H16O5. The summed E-state index contributed by atoms with van der Waals surface area (Å²) in [6.07, 6.45) is 0.575. The maximum Gasteiger partial charge on any atom is 0.307 e. The number of carbonyl (C=O) groups excluding carboxylic acids is 1. The lowest BCUT2D eigenvalue weighted by Crippen LogP contribution is -2.03. The fourth-order valence-electron chi connectivity index (χ4n) is 1.97. The minimum atomic E-state index is -0.931. The lowest BCUT2D eigenvalue weighted by atomic mass is 10.1. The number of ether oxygens (including phenoxy) is 2. The molecule has 2 aromatic rings. The smallest absolute Gasteiger partial charge is 0.307 e. The summed E-state index contributed by atoms with van der Waals surface area (Å²) >= 11 is 0. The SMILES string of the molecule is COc1ccc(COc2cc(CC(=O)O)ccc2C=O)cc1. The second kappa shape index (κ2) is 7.26. The van der Waals surface area contributed by atoms with E-state index in [1.165, 1.54) is 0 Å². The van der Waals surface area contributed by atoms with E-state index in [0.717, 1.165) is 11.3 Å². The quantitative estimate of drug-likeness (QED) is 0.796. The fourth-order valence-corrected chi connectivity index (χ4v) is 1.97. The van der Waals surface area contributed by atoms with E-state index in [1.54, 1.807) is 25.3 Å². The number of aldehydes is 1. The fraction of sp³-hybridized carbons (Fsp3) is 0.176. The predicted octanol–water partition coefficient (Wildman–Crippen LogP) is 2.71. The molecule has 5 heteroatoms. The molecule has 2 rings (SSSR count). The van der Waals surface area contributed by atoms with Crippen LogP contribution in [0.25, 0.3) is 0 Å². The first-order valence-corrected chi connectivity index (χ1v) is 6.68. The van der Waals surface area contributed by atoms with Gasteiger partial charge in [0.25, 0.3) is 0 Å². The highest BCUT2D eigenvalue weighted by Gasteiger charge is 2.08. The summed E-state index contributed by atoms with van der Waals surface area (Å²) in [7, 11) is 1.59. The van der Waals surface area contributed by atoms with E-state index in [9.17, 15) is 9.59 Å². The molecule has 114 valence electrons. The van der Waals surface area contributed by atoms with Gasteiger partial charge in [0.2, 0.25) is 0 Å². The van der Waals surface area contributed by atoms with E-state index in [0.29, 0.717) is 23.2 Å². The van der Waals surface area contributed by atoms with E-state index in [-0.39, 0.29) is 13.0 Å². The molecule has 0 saturated carbocycles. The van der Waals surface area contributed by atoms with Gasteiger partial charge in [0.05, 0.1) is 19.1 Å². The highest BCUT2D eigenvalue weighted by Crippen LogP contribution is 2.21. The van der Waals surface area contributed by atoms with Crippen LogP contribution in [0.3, 0.4) is 0 Å². The Bertz CT molecular complexity index is 661. The Morgan fingerprint density at radius 1 is 1.14 bits per heavy atom. The zero-order chi connectivity index (χ0) is 15.9. The molecule has 1 N–H and O–H groups in total. The van der Waals surface area contributed by atoms with E-state index in [2.05, 4.69) is 0 Å². The number of hydrogen-bond acceptors (Lipinski definition) is 4. The molecule has 0 fully saturated rings. The van der Waals surface area contributed by atoms with Gasteiger partial charge in [-0.25, -0.2) is 0 Å². The number of hydrogen-bond donors (Lipinski definition) is 1. The Morgan fingerprint density at radius 3 is 2.41 bits per heavy atom. The molecule has 2 aromatic carbocycles. The molecule has 5 nitrogen and oxygen atoms in total. The third-order valence-corrected chi connectivity index (χ3v) is 3.11. The number of carboxylic acid groups (broad SMARTS) is 1. The highest BCUT2D eigenvalue weighted by molar-refractivity contribution is 5.80. The monoisotopic (exact) mass is 300 g/mol. The molecule has 0 saturated heterocycles. The van der Waals surface area contributed by atoms with Crippen molar-refractivity contribution in [2.24, 2.45) is 0 Å². The Kier molecular flexibility index (Phi) is 5.14. The van der Waals surface area contributed by atoms with Crippen LogP contribution in [0.4, 0.5) is 0 Å². The van der Waals surface area contributed by atoms with Crippen LogP contribution in [0.1, 0.15) is 21.5 Å². The van der Waals surface area contributed by atoms with Crippen LogP contribution in [-0.2, 0) is 17.8 Å². The molecular weight excluding hydrogens is 284 g/mol. The number of aliphatic carboxylic acids is 1. The number of rotatable bonds is 7. The topological polar surface area (TPSA) is 72.8 Å². The van der Waals surface area contributed by atoms with Gasteiger partial charge in [0.15, 0.2) is 6.29 Å². The van der Waals surface area contributed by atoms with Gasteiger partial charge in [-0.2, -0.15) is 0 Å². The third-order valence-electron chi connectivity index (χ3n) is 3.11. The van der Waals surface area contributed by atoms with Crippen molar-refractivity contribution in [1.29, 1.82) is 0 Å². The first kappa shape index (κ1) is 15.6. The van der Waals surface area contributed by atoms with Gasteiger partial charge in [-0.05, 0) is 35.4 Å². The van der Waals surface area contributed by atoms with Crippen molar-refractivity contribution < 1.29 is 24.2 Å². The van der Waals surface area contributed by atoms with Crippen LogP contribution >= 0.6 is 0 Å². The summed E-state index contributed by atoms with van der Waals surface area (Å²) < 4.78 is 10.7. The van der Waals surface area contributed by atoms with Crippen LogP contribution in [0.2, 0.25) is 0 Å². The summed E-state index contributed by atoms with van der Waals surface area (Å²) in [4.78, 5) is 21.8. The van der Waals surface area contributed by atoms with Crippen molar-refractivity contribution in [3.05, 3.63) is 59.2 Å². The molecule has 0 aliphatic rings. The van der Waals surface area contributed by atoms with Crippen LogP contribution in [0.5, 0.6) is 11.5 Å². The summed E-state index contributed by atoms with van der Waals surface area (Å²) in [5.74, 6) is 0.199. The summed E-state index contributed by atoms with van der Waals surface area (Å²) in [5.41, 5.74) is 1.90. The second-order valence-electron chi connectivity index (χ2n) is 4.70. The van der Waals surface area contributed by atoms with Crippen LogP contribution in [-0.4, -0.2) is 24.5 Å². The van der Waals surface area contributed by atoms with Gasteiger partial charge >= 0.3 is 5.97 Å². The Hall–Kier alpha value is -2.82.